The Bertz CT molecular complexity index is 390. The van der Waals surface area contributed by atoms with Crippen LogP contribution in [0.2, 0.25) is 0 Å². The van der Waals surface area contributed by atoms with Gasteiger partial charge in [-0.25, -0.2) is 4.39 Å². The van der Waals surface area contributed by atoms with Crippen molar-refractivity contribution in [3.8, 4) is 5.75 Å². The molecule has 0 saturated heterocycles. The quantitative estimate of drug-likeness (QED) is 0.668. The highest BCUT2D eigenvalue weighted by molar-refractivity contribution is 5.76. The van der Waals surface area contributed by atoms with Crippen LogP contribution in [-0.2, 0) is 9.53 Å². The van der Waals surface area contributed by atoms with Crippen molar-refractivity contribution >= 4 is 5.97 Å². The maximum atomic E-state index is 13.0. The third-order valence-electron chi connectivity index (χ3n) is 2.15. The molecule has 1 aromatic carbocycles. The van der Waals surface area contributed by atoms with Crippen LogP contribution in [0, 0.1) is 5.82 Å². The third kappa shape index (κ3) is 3.40. The molecule has 0 aliphatic heterocycles. The number of ether oxygens (including phenoxy) is 1. The lowest BCUT2D eigenvalue weighted by Crippen LogP contribution is -2.38. The third-order valence-corrected chi connectivity index (χ3v) is 2.15. The first kappa shape index (κ1) is 13.4. The molecule has 1 aromatic rings. The average molecular weight is 243 g/mol. The van der Waals surface area contributed by atoms with E-state index in [2.05, 4.69) is 4.74 Å². The summed E-state index contributed by atoms with van der Waals surface area (Å²) < 4.78 is 17.6. The Labute approximate surface area is 97.6 Å². The Kier molecular flexibility index (Phi) is 4.42. The molecule has 0 aliphatic carbocycles. The first-order valence-corrected chi connectivity index (χ1v) is 5.05. The number of aliphatic hydroxyl groups excluding tert-OH is 1. The smallest absolute Gasteiger partial charge is 0.325 e. The van der Waals surface area contributed by atoms with Gasteiger partial charge < -0.3 is 20.7 Å². The molecule has 94 valence electrons. The van der Waals surface area contributed by atoms with Gasteiger partial charge in [0.1, 0.15) is 23.7 Å². The number of carbonyl (C=O) groups is 1. The number of phenols is 1. The van der Waals surface area contributed by atoms with Gasteiger partial charge in [-0.1, -0.05) is 0 Å². The number of esters is 1. The standard InChI is InChI=1S/C11H14FNO4/c1-2-17-11(16)9(13)10(15)6-3-7(12)5-8(14)4-6/h3-5,9-10,14-15H,2,13H2,1H3. The molecule has 17 heavy (non-hydrogen) atoms. The molecule has 0 heterocycles. The van der Waals surface area contributed by atoms with Crippen molar-refractivity contribution in [2.24, 2.45) is 5.73 Å². The minimum Gasteiger partial charge on any atom is -0.508 e. The van der Waals surface area contributed by atoms with Crippen LogP contribution in [-0.4, -0.2) is 28.8 Å². The van der Waals surface area contributed by atoms with Gasteiger partial charge in [-0.15, -0.1) is 0 Å². The van der Waals surface area contributed by atoms with Gasteiger partial charge in [-0.05, 0) is 24.6 Å². The van der Waals surface area contributed by atoms with E-state index in [1.54, 1.807) is 6.92 Å². The van der Waals surface area contributed by atoms with E-state index in [1.807, 2.05) is 0 Å². The number of carbonyl (C=O) groups excluding carboxylic acids is 1. The van der Waals surface area contributed by atoms with Crippen LogP contribution in [0.15, 0.2) is 18.2 Å². The van der Waals surface area contributed by atoms with Crippen LogP contribution < -0.4 is 5.73 Å². The molecule has 0 radical (unpaired) electrons. The van der Waals surface area contributed by atoms with Crippen molar-refractivity contribution in [2.75, 3.05) is 6.61 Å². The summed E-state index contributed by atoms with van der Waals surface area (Å²) in [6, 6.07) is 1.68. The lowest BCUT2D eigenvalue weighted by atomic mass is 10.0. The fourth-order valence-electron chi connectivity index (χ4n) is 1.34. The second-order valence-electron chi connectivity index (χ2n) is 3.47. The summed E-state index contributed by atoms with van der Waals surface area (Å²) in [6.07, 6.45) is -1.43. The first-order chi connectivity index (χ1) is 7.95. The molecule has 0 aliphatic rings. The summed E-state index contributed by atoms with van der Waals surface area (Å²) in [7, 11) is 0. The van der Waals surface area contributed by atoms with Crippen molar-refractivity contribution in [1.29, 1.82) is 0 Å². The van der Waals surface area contributed by atoms with Crippen molar-refractivity contribution in [2.45, 2.75) is 19.1 Å². The Hall–Kier alpha value is -1.66. The van der Waals surface area contributed by atoms with Gasteiger partial charge in [0.25, 0.3) is 0 Å². The summed E-state index contributed by atoms with van der Waals surface area (Å²) in [4.78, 5) is 11.3. The number of aliphatic hydroxyl groups is 1. The van der Waals surface area contributed by atoms with E-state index in [-0.39, 0.29) is 17.9 Å². The Balaban J connectivity index is 2.87. The Morgan fingerprint density at radius 1 is 1.53 bits per heavy atom. The molecule has 0 amide bonds. The zero-order valence-electron chi connectivity index (χ0n) is 9.26. The van der Waals surface area contributed by atoms with Gasteiger partial charge in [0, 0.05) is 6.07 Å². The topological polar surface area (TPSA) is 92.8 Å². The van der Waals surface area contributed by atoms with Gasteiger partial charge in [0.2, 0.25) is 0 Å². The van der Waals surface area contributed by atoms with Crippen LogP contribution in [0.25, 0.3) is 0 Å². The van der Waals surface area contributed by atoms with Crippen molar-refractivity contribution in [1.82, 2.24) is 0 Å². The van der Waals surface area contributed by atoms with E-state index in [1.165, 1.54) is 0 Å². The average Bonchev–Trinajstić information content (AvgIpc) is 2.26. The van der Waals surface area contributed by atoms with Crippen LogP contribution in [0.3, 0.4) is 0 Å². The Morgan fingerprint density at radius 3 is 2.71 bits per heavy atom. The fraction of sp³-hybridized carbons (Fsp3) is 0.364. The molecule has 0 saturated carbocycles. The predicted octanol–water partition coefficient (Wildman–Crippen LogP) is 0.455. The lowest BCUT2D eigenvalue weighted by Gasteiger charge is -2.17. The predicted molar refractivity (Wildman–Crippen MR) is 57.6 cm³/mol. The monoisotopic (exact) mass is 243 g/mol. The molecular formula is C11H14FNO4. The number of hydrogen-bond donors (Lipinski definition) is 3. The number of hydrogen-bond acceptors (Lipinski definition) is 5. The van der Waals surface area contributed by atoms with Crippen LogP contribution in [0.5, 0.6) is 5.75 Å². The van der Waals surface area contributed by atoms with Gasteiger partial charge in [0.05, 0.1) is 6.61 Å². The van der Waals surface area contributed by atoms with E-state index in [9.17, 15) is 14.3 Å². The lowest BCUT2D eigenvalue weighted by molar-refractivity contribution is -0.147. The molecule has 5 nitrogen and oxygen atoms in total. The highest BCUT2D eigenvalue weighted by atomic mass is 19.1. The van der Waals surface area contributed by atoms with Gasteiger partial charge in [0.15, 0.2) is 0 Å². The van der Waals surface area contributed by atoms with Crippen LogP contribution >= 0.6 is 0 Å². The highest BCUT2D eigenvalue weighted by Crippen LogP contribution is 2.22. The minimum atomic E-state index is -1.43. The van der Waals surface area contributed by atoms with E-state index < -0.39 is 23.9 Å². The van der Waals surface area contributed by atoms with Crippen molar-refractivity contribution < 1.29 is 24.1 Å². The molecule has 0 spiro atoms. The summed E-state index contributed by atoms with van der Waals surface area (Å²) in [5.41, 5.74) is 5.47. The largest absolute Gasteiger partial charge is 0.508 e. The first-order valence-electron chi connectivity index (χ1n) is 5.05. The number of aromatic hydroxyl groups is 1. The van der Waals surface area contributed by atoms with Crippen LogP contribution in [0.4, 0.5) is 4.39 Å². The SMILES string of the molecule is CCOC(=O)C(N)C(O)c1cc(O)cc(F)c1. The molecule has 4 N–H and O–H groups in total. The molecule has 1 rings (SSSR count). The summed E-state index contributed by atoms with van der Waals surface area (Å²) in [6.45, 7) is 1.73. The van der Waals surface area contributed by atoms with Crippen molar-refractivity contribution in [3.63, 3.8) is 0 Å². The second kappa shape index (κ2) is 5.60. The molecule has 0 aromatic heterocycles. The molecule has 2 unspecified atom stereocenters. The van der Waals surface area contributed by atoms with Gasteiger partial charge in [-0.3, -0.25) is 4.79 Å². The normalized spacial score (nSPS) is 14.1. The number of benzene rings is 1. The summed E-state index contributed by atoms with van der Waals surface area (Å²) in [5, 5.41) is 18.9. The second-order valence-corrected chi connectivity index (χ2v) is 3.47. The minimum absolute atomic E-state index is 0.0167. The van der Waals surface area contributed by atoms with Crippen LogP contribution in [0.1, 0.15) is 18.6 Å². The fourth-order valence-corrected chi connectivity index (χ4v) is 1.34. The Morgan fingerprint density at radius 2 is 2.18 bits per heavy atom. The van der Waals surface area contributed by atoms with E-state index in [0.717, 1.165) is 18.2 Å². The van der Waals surface area contributed by atoms with Gasteiger partial charge in [-0.2, -0.15) is 0 Å². The maximum Gasteiger partial charge on any atom is 0.325 e. The zero-order valence-corrected chi connectivity index (χ0v) is 9.26. The molecule has 0 bridgehead atoms. The van der Waals surface area contributed by atoms with E-state index >= 15 is 0 Å². The maximum absolute atomic E-state index is 13.0. The number of nitrogens with two attached hydrogens (primary N) is 1. The number of rotatable bonds is 4. The highest BCUT2D eigenvalue weighted by Gasteiger charge is 2.26. The number of phenolic OH excluding ortho intramolecular Hbond substituents is 1. The zero-order chi connectivity index (χ0) is 13.0. The molecule has 6 heteroatoms. The van der Waals surface area contributed by atoms with Gasteiger partial charge >= 0.3 is 5.97 Å². The molecular weight excluding hydrogens is 229 g/mol. The van der Waals surface area contributed by atoms with E-state index in [4.69, 9.17) is 10.8 Å². The molecule has 0 fully saturated rings. The number of halogens is 1. The van der Waals surface area contributed by atoms with E-state index in [0.29, 0.717) is 0 Å². The summed E-state index contributed by atoms with van der Waals surface area (Å²) >= 11 is 0. The van der Waals surface area contributed by atoms with Crippen molar-refractivity contribution in [3.05, 3.63) is 29.6 Å². The summed E-state index contributed by atoms with van der Waals surface area (Å²) in [5.74, 6) is -1.87. The molecule has 2 atom stereocenters.